The molecular weight excluding hydrogens is 389 g/mol. The lowest BCUT2D eigenvalue weighted by Crippen LogP contribution is -2.14. The normalized spacial score (nSPS) is 10.9. The molecule has 0 aliphatic carbocycles. The highest BCUT2D eigenvalue weighted by Gasteiger charge is 2.21. The Balaban J connectivity index is 1.84. The minimum absolute atomic E-state index is 0.246. The molecule has 150 valence electrons. The minimum Gasteiger partial charge on any atom is -0.319 e. The number of rotatable bonds is 4. The molecule has 0 spiro atoms. The number of halogens is 1. The van der Waals surface area contributed by atoms with Crippen molar-refractivity contribution in [3.8, 4) is 11.3 Å². The number of aryl methyl sites for hydroxylation is 2. The number of nitro benzene ring substituents is 1. The highest BCUT2D eigenvalue weighted by molar-refractivity contribution is 6.13. The van der Waals surface area contributed by atoms with Gasteiger partial charge in [-0.15, -0.1) is 0 Å². The van der Waals surface area contributed by atoms with Gasteiger partial charge in [0.25, 0.3) is 11.6 Å². The van der Waals surface area contributed by atoms with Gasteiger partial charge in [-0.1, -0.05) is 30.3 Å². The number of nitro groups is 1. The summed E-state index contributed by atoms with van der Waals surface area (Å²) in [6.07, 6.45) is 0. The Morgan fingerprint density at radius 3 is 2.60 bits per heavy atom. The van der Waals surface area contributed by atoms with Crippen molar-refractivity contribution in [2.24, 2.45) is 7.05 Å². The van der Waals surface area contributed by atoms with E-state index in [1.807, 2.05) is 30.3 Å². The number of hydrogen-bond acceptors (Lipinski definition) is 5. The predicted octanol–water partition coefficient (Wildman–Crippen LogP) is 4.24. The van der Waals surface area contributed by atoms with Crippen LogP contribution in [-0.4, -0.2) is 25.6 Å². The lowest BCUT2D eigenvalue weighted by Gasteiger charge is -2.10. The van der Waals surface area contributed by atoms with Crippen molar-refractivity contribution in [1.82, 2.24) is 14.8 Å². The van der Waals surface area contributed by atoms with Gasteiger partial charge in [-0.25, -0.2) is 9.37 Å². The molecule has 0 atom stereocenters. The van der Waals surface area contributed by atoms with E-state index in [2.05, 4.69) is 15.4 Å². The van der Waals surface area contributed by atoms with Crippen LogP contribution < -0.4 is 5.32 Å². The van der Waals surface area contributed by atoms with Gasteiger partial charge in [0.1, 0.15) is 5.82 Å². The van der Waals surface area contributed by atoms with Gasteiger partial charge in [0, 0.05) is 24.7 Å². The van der Waals surface area contributed by atoms with Gasteiger partial charge in [0.05, 0.1) is 32.9 Å². The number of aromatic nitrogens is 3. The first kappa shape index (κ1) is 19.2. The number of carbonyl (C=O) groups excluding carboxylic acids is 1. The Kier molecular flexibility index (Phi) is 4.71. The molecule has 0 aliphatic rings. The minimum atomic E-state index is -0.773. The van der Waals surface area contributed by atoms with Crippen molar-refractivity contribution in [2.45, 2.75) is 6.92 Å². The fourth-order valence-electron chi connectivity index (χ4n) is 3.29. The van der Waals surface area contributed by atoms with Crippen molar-refractivity contribution in [1.29, 1.82) is 0 Å². The molecule has 1 amide bonds. The molecule has 0 saturated carbocycles. The average molecular weight is 405 g/mol. The van der Waals surface area contributed by atoms with E-state index in [0.717, 1.165) is 23.8 Å². The molecule has 4 rings (SSSR count). The van der Waals surface area contributed by atoms with Crippen LogP contribution in [-0.2, 0) is 7.05 Å². The SMILES string of the molecule is Cc1nn(C)c2nc(-c3ccccc3)cc(C(=O)Nc3cc([N+](=O)[O-])ccc3F)c12. The molecule has 2 aromatic heterocycles. The second kappa shape index (κ2) is 7.36. The Bertz CT molecular complexity index is 1300. The van der Waals surface area contributed by atoms with E-state index >= 15 is 0 Å². The standard InChI is InChI=1S/C21H16FN5O3/c1-12-19-15(21(28)24-18-10-14(27(29)30)8-9-16(18)22)11-17(13-6-4-3-5-7-13)23-20(19)26(2)25-12/h3-11H,1-2H3,(H,24,28). The van der Waals surface area contributed by atoms with Crippen molar-refractivity contribution in [3.05, 3.63) is 81.8 Å². The number of nitrogens with zero attached hydrogens (tertiary/aromatic N) is 4. The molecule has 9 heteroatoms. The van der Waals surface area contributed by atoms with Crippen LogP contribution in [0.15, 0.2) is 54.6 Å². The van der Waals surface area contributed by atoms with Crippen LogP contribution in [0.3, 0.4) is 0 Å². The molecule has 8 nitrogen and oxygen atoms in total. The Labute approximate surface area is 170 Å². The first-order chi connectivity index (χ1) is 14.3. The van der Waals surface area contributed by atoms with Gasteiger partial charge in [0.2, 0.25) is 0 Å². The largest absolute Gasteiger partial charge is 0.319 e. The van der Waals surface area contributed by atoms with Gasteiger partial charge in [0.15, 0.2) is 5.65 Å². The Hall–Kier alpha value is -4.14. The molecule has 30 heavy (non-hydrogen) atoms. The van der Waals surface area contributed by atoms with E-state index in [9.17, 15) is 19.3 Å². The number of pyridine rings is 1. The van der Waals surface area contributed by atoms with Gasteiger partial charge in [-0.3, -0.25) is 19.6 Å². The van der Waals surface area contributed by atoms with Gasteiger partial charge < -0.3 is 5.32 Å². The number of non-ortho nitro benzene ring substituents is 1. The molecule has 0 bridgehead atoms. The van der Waals surface area contributed by atoms with Crippen LogP contribution in [0.4, 0.5) is 15.8 Å². The quantitative estimate of drug-likeness (QED) is 0.404. The Morgan fingerprint density at radius 2 is 1.90 bits per heavy atom. The summed E-state index contributed by atoms with van der Waals surface area (Å²) < 4.78 is 15.8. The zero-order valence-electron chi connectivity index (χ0n) is 16.1. The molecule has 2 aromatic carbocycles. The number of anilines is 1. The second-order valence-electron chi connectivity index (χ2n) is 6.70. The average Bonchev–Trinajstić information content (AvgIpc) is 3.03. The van der Waals surface area contributed by atoms with E-state index < -0.39 is 16.6 Å². The first-order valence-corrected chi connectivity index (χ1v) is 9.00. The molecular formula is C21H16FN5O3. The summed E-state index contributed by atoms with van der Waals surface area (Å²) in [6, 6.07) is 13.9. The van der Waals surface area contributed by atoms with Crippen molar-refractivity contribution in [3.63, 3.8) is 0 Å². The van der Waals surface area contributed by atoms with Crippen LogP contribution >= 0.6 is 0 Å². The molecule has 0 saturated heterocycles. The van der Waals surface area contributed by atoms with Gasteiger partial charge in [-0.2, -0.15) is 5.10 Å². The number of benzene rings is 2. The molecule has 4 aromatic rings. The summed E-state index contributed by atoms with van der Waals surface area (Å²) in [7, 11) is 1.72. The van der Waals surface area contributed by atoms with E-state index in [1.54, 1.807) is 24.7 Å². The maximum atomic E-state index is 14.2. The summed E-state index contributed by atoms with van der Waals surface area (Å²) in [5.74, 6) is -1.39. The third-order valence-corrected chi connectivity index (χ3v) is 4.69. The maximum absolute atomic E-state index is 14.2. The fraction of sp³-hybridized carbons (Fsp3) is 0.0952. The van der Waals surface area contributed by atoms with Crippen LogP contribution in [0.5, 0.6) is 0 Å². The fourth-order valence-corrected chi connectivity index (χ4v) is 3.29. The number of amides is 1. The Morgan fingerprint density at radius 1 is 1.17 bits per heavy atom. The smallest absolute Gasteiger partial charge is 0.271 e. The summed E-state index contributed by atoms with van der Waals surface area (Å²) in [5.41, 5.74) is 2.08. The number of nitrogens with one attached hydrogen (secondary N) is 1. The highest BCUT2D eigenvalue weighted by atomic mass is 19.1. The predicted molar refractivity (Wildman–Crippen MR) is 110 cm³/mol. The first-order valence-electron chi connectivity index (χ1n) is 9.00. The van der Waals surface area contributed by atoms with E-state index in [4.69, 9.17) is 0 Å². The van der Waals surface area contributed by atoms with E-state index in [-0.39, 0.29) is 16.9 Å². The number of hydrogen-bond donors (Lipinski definition) is 1. The van der Waals surface area contributed by atoms with E-state index in [0.29, 0.717) is 22.4 Å². The molecule has 1 N–H and O–H groups in total. The molecule has 0 aliphatic heterocycles. The van der Waals surface area contributed by atoms with Crippen LogP contribution in [0.1, 0.15) is 16.1 Å². The lowest BCUT2D eigenvalue weighted by molar-refractivity contribution is -0.384. The highest BCUT2D eigenvalue weighted by Crippen LogP contribution is 2.28. The van der Waals surface area contributed by atoms with Crippen LogP contribution in [0.2, 0.25) is 0 Å². The summed E-state index contributed by atoms with van der Waals surface area (Å²) in [5, 5.41) is 18.3. The topological polar surface area (TPSA) is 103 Å². The lowest BCUT2D eigenvalue weighted by atomic mass is 10.0. The van der Waals surface area contributed by atoms with Crippen LogP contribution in [0, 0.1) is 22.9 Å². The number of fused-ring (bicyclic) bond motifs is 1. The summed E-state index contributed by atoms with van der Waals surface area (Å²) in [4.78, 5) is 28.1. The maximum Gasteiger partial charge on any atom is 0.271 e. The van der Waals surface area contributed by atoms with Crippen molar-refractivity contribution in [2.75, 3.05) is 5.32 Å². The van der Waals surface area contributed by atoms with Crippen molar-refractivity contribution >= 4 is 28.3 Å². The van der Waals surface area contributed by atoms with Gasteiger partial charge >= 0.3 is 0 Å². The second-order valence-corrected chi connectivity index (χ2v) is 6.70. The third kappa shape index (κ3) is 3.37. The van der Waals surface area contributed by atoms with Crippen molar-refractivity contribution < 1.29 is 14.1 Å². The van der Waals surface area contributed by atoms with Gasteiger partial charge in [-0.05, 0) is 19.1 Å². The molecule has 0 fully saturated rings. The third-order valence-electron chi connectivity index (χ3n) is 4.69. The van der Waals surface area contributed by atoms with Crippen LogP contribution in [0.25, 0.3) is 22.3 Å². The monoisotopic (exact) mass is 405 g/mol. The molecule has 0 radical (unpaired) electrons. The zero-order valence-corrected chi connectivity index (χ0v) is 16.1. The van der Waals surface area contributed by atoms with E-state index in [1.165, 1.54) is 0 Å². The number of carbonyl (C=O) groups is 1. The summed E-state index contributed by atoms with van der Waals surface area (Å²) >= 11 is 0. The zero-order chi connectivity index (χ0) is 21.4. The molecule has 0 unspecified atom stereocenters. The molecule has 2 heterocycles. The summed E-state index contributed by atoms with van der Waals surface area (Å²) in [6.45, 7) is 1.75.